The summed E-state index contributed by atoms with van der Waals surface area (Å²) < 4.78 is 5.45. The Bertz CT molecular complexity index is 284. The van der Waals surface area contributed by atoms with Crippen LogP contribution < -0.4 is 0 Å². The number of nitrogens with zero attached hydrogens (tertiary/aromatic N) is 1. The fraction of sp³-hybridized carbons (Fsp3) is 0.941. The molecule has 0 spiro atoms. The molecule has 0 aliphatic heterocycles. The predicted molar refractivity (Wildman–Crippen MR) is 85.8 cm³/mol. The summed E-state index contributed by atoms with van der Waals surface area (Å²) in [5, 5.41) is 0. The summed E-state index contributed by atoms with van der Waals surface area (Å²) in [6, 6.07) is 0. The standard InChI is InChI=1S/C17H35NO2/c1-16(2,3)10-9-14(13-17(4,5)6)15(19)20-12-11-18(7)8/h14H,9-13H2,1-8H3. The highest BCUT2D eigenvalue weighted by Gasteiger charge is 2.27. The molecule has 0 aliphatic rings. The van der Waals surface area contributed by atoms with Crippen molar-refractivity contribution in [2.45, 2.75) is 60.8 Å². The zero-order valence-corrected chi connectivity index (χ0v) is 14.9. The van der Waals surface area contributed by atoms with Crippen LogP contribution in [0.3, 0.4) is 0 Å². The van der Waals surface area contributed by atoms with Gasteiger partial charge in [0, 0.05) is 6.54 Å². The molecule has 3 heteroatoms. The third kappa shape index (κ3) is 11.3. The first-order valence-electron chi connectivity index (χ1n) is 7.72. The van der Waals surface area contributed by atoms with Gasteiger partial charge in [-0.25, -0.2) is 0 Å². The Kier molecular flexibility index (Phi) is 7.79. The molecule has 3 nitrogen and oxygen atoms in total. The number of carbonyl (C=O) groups excluding carboxylic acids is 1. The van der Waals surface area contributed by atoms with E-state index in [-0.39, 0.29) is 22.7 Å². The maximum atomic E-state index is 12.3. The average molecular weight is 285 g/mol. The van der Waals surface area contributed by atoms with Crippen molar-refractivity contribution in [3.05, 3.63) is 0 Å². The third-order valence-corrected chi connectivity index (χ3v) is 3.22. The Morgan fingerprint density at radius 1 is 1.05 bits per heavy atom. The first-order chi connectivity index (χ1) is 8.91. The largest absolute Gasteiger partial charge is 0.464 e. The Morgan fingerprint density at radius 2 is 1.60 bits per heavy atom. The first kappa shape index (κ1) is 19.4. The maximum absolute atomic E-state index is 12.3. The van der Waals surface area contributed by atoms with E-state index in [1.54, 1.807) is 0 Å². The monoisotopic (exact) mass is 285 g/mol. The van der Waals surface area contributed by atoms with Crippen molar-refractivity contribution in [2.24, 2.45) is 16.7 Å². The molecule has 1 atom stereocenters. The number of esters is 1. The van der Waals surface area contributed by atoms with E-state index in [4.69, 9.17) is 4.74 Å². The van der Waals surface area contributed by atoms with E-state index in [1.807, 2.05) is 19.0 Å². The fourth-order valence-corrected chi connectivity index (χ4v) is 2.10. The first-order valence-corrected chi connectivity index (χ1v) is 7.72. The van der Waals surface area contributed by atoms with Gasteiger partial charge in [-0.15, -0.1) is 0 Å². The Hall–Kier alpha value is -0.570. The molecule has 120 valence electrons. The Morgan fingerprint density at radius 3 is 2.00 bits per heavy atom. The maximum Gasteiger partial charge on any atom is 0.308 e. The minimum absolute atomic E-state index is 0.0222. The summed E-state index contributed by atoms with van der Waals surface area (Å²) >= 11 is 0. The van der Waals surface area contributed by atoms with Crippen LogP contribution in [0.15, 0.2) is 0 Å². The van der Waals surface area contributed by atoms with Gasteiger partial charge in [-0.1, -0.05) is 41.5 Å². The molecule has 0 rings (SSSR count). The third-order valence-electron chi connectivity index (χ3n) is 3.22. The van der Waals surface area contributed by atoms with Crippen LogP contribution in [0.1, 0.15) is 60.8 Å². The number of rotatable bonds is 7. The summed E-state index contributed by atoms with van der Waals surface area (Å²) in [5.41, 5.74) is 0.420. The number of carbonyl (C=O) groups is 1. The molecule has 0 fully saturated rings. The van der Waals surface area contributed by atoms with Gasteiger partial charge < -0.3 is 9.64 Å². The van der Waals surface area contributed by atoms with Gasteiger partial charge in [-0.2, -0.15) is 0 Å². The van der Waals surface area contributed by atoms with E-state index >= 15 is 0 Å². The number of hydrogen-bond donors (Lipinski definition) is 0. The van der Waals surface area contributed by atoms with Crippen LogP contribution in [0.25, 0.3) is 0 Å². The normalized spacial score (nSPS) is 14.4. The molecule has 0 radical (unpaired) electrons. The molecule has 0 aromatic heterocycles. The highest BCUT2D eigenvalue weighted by molar-refractivity contribution is 5.72. The molecule has 0 saturated carbocycles. The lowest BCUT2D eigenvalue weighted by atomic mass is 9.79. The molecule has 0 amide bonds. The highest BCUT2D eigenvalue weighted by atomic mass is 16.5. The number of hydrogen-bond acceptors (Lipinski definition) is 3. The van der Waals surface area contributed by atoms with Crippen molar-refractivity contribution in [3.8, 4) is 0 Å². The molecular formula is C17H35NO2. The lowest BCUT2D eigenvalue weighted by Crippen LogP contribution is -2.27. The molecule has 0 saturated heterocycles. The van der Waals surface area contributed by atoms with E-state index < -0.39 is 0 Å². The Labute approximate surface area is 126 Å². The fourth-order valence-electron chi connectivity index (χ4n) is 2.10. The van der Waals surface area contributed by atoms with Crippen LogP contribution in [0, 0.1) is 16.7 Å². The number of likely N-dealkylation sites (N-methyl/N-ethyl adjacent to an activating group) is 1. The second-order valence-electron chi connectivity index (χ2n) is 8.53. The zero-order valence-electron chi connectivity index (χ0n) is 14.9. The van der Waals surface area contributed by atoms with E-state index in [1.165, 1.54) is 0 Å². The quantitative estimate of drug-likeness (QED) is 0.663. The van der Waals surface area contributed by atoms with Crippen LogP contribution in [0.4, 0.5) is 0 Å². The van der Waals surface area contributed by atoms with Gasteiger partial charge in [-0.3, -0.25) is 4.79 Å². The molecule has 1 unspecified atom stereocenters. The zero-order chi connectivity index (χ0) is 16.0. The van der Waals surface area contributed by atoms with Crippen LogP contribution in [0.2, 0.25) is 0 Å². The highest BCUT2D eigenvalue weighted by Crippen LogP contribution is 2.31. The van der Waals surface area contributed by atoms with Crippen molar-refractivity contribution < 1.29 is 9.53 Å². The molecule has 0 N–H and O–H groups in total. The van der Waals surface area contributed by atoms with E-state index in [9.17, 15) is 4.79 Å². The molecule has 0 bridgehead atoms. The molecule has 0 heterocycles. The van der Waals surface area contributed by atoms with Crippen LogP contribution in [-0.2, 0) is 9.53 Å². The minimum Gasteiger partial charge on any atom is -0.464 e. The van der Waals surface area contributed by atoms with Crippen molar-refractivity contribution in [2.75, 3.05) is 27.2 Å². The minimum atomic E-state index is -0.0222. The van der Waals surface area contributed by atoms with Crippen molar-refractivity contribution in [3.63, 3.8) is 0 Å². The predicted octanol–water partition coefficient (Wildman–Crippen LogP) is 3.97. The summed E-state index contributed by atoms with van der Waals surface area (Å²) in [4.78, 5) is 14.3. The summed E-state index contributed by atoms with van der Waals surface area (Å²) in [7, 11) is 3.97. The van der Waals surface area contributed by atoms with E-state index in [2.05, 4.69) is 41.5 Å². The van der Waals surface area contributed by atoms with E-state index in [0.717, 1.165) is 25.8 Å². The smallest absolute Gasteiger partial charge is 0.308 e. The lowest BCUT2D eigenvalue weighted by Gasteiger charge is -2.27. The van der Waals surface area contributed by atoms with Crippen LogP contribution in [0.5, 0.6) is 0 Å². The lowest BCUT2D eigenvalue weighted by molar-refractivity contribution is -0.150. The van der Waals surface area contributed by atoms with Crippen LogP contribution >= 0.6 is 0 Å². The van der Waals surface area contributed by atoms with Crippen molar-refractivity contribution in [1.29, 1.82) is 0 Å². The molecule has 0 aliphatic carbocycles. The van der Waals surface area contributed by atoms with Gasteiger partial charge in [0.15, 0.2) is 0 Å². The molecule has 0 aromatic carbocycles. The van der Waals surface area contributed by atoms with E-state index in [0.29, 0.717) is 6.61 Å². The molecule has 0 aromatic rings. The van der Waals surface area contributed by atoms with Crippen molar-refractivity contribution >= 4 is 5.97 Å². The van der Waals surface area contributed by atoms with Gasteiger partial charge in [0.25, 0.3) is 0 Å². The van der Waals surface area contributed by atoms with Gasteiger partial charge >= 0.3 is 5.97 Å². The van der Waals surface area contributed by atoms with Gasteiger partial charge in [0.05, 0.1) is 5.92 Å². The van der Waals surface area contributed by atoms with Gasteiger partial charge in [-0.05, 0) is 44.2 Å². The van der Waals surface area contributed by atoms with Gasteiger partial charge in [0.2, 0.25) is 0 Å². The molecular weight excluding hydrogens is 250 g/mol. The SMILES string of the molecule is CN(C)CCOC(=O)C(CCC(C)(C)C)CC(C)(C)C. The average Bonchev–Trinajstić information content (AvgIpc) is 2.20. The summed E-state index contributed by atoms with van der Waals surface area (Å²) in [6.07, 6.45) is 2.86. The van der Waals surface area contributed by atoms with Gasteiger partial charge in [0.1, 0.15) is 6.61 Å². The topological polar surface area (TPSA) is 29.5 Å². The number of ether oxygens (including phenoxy) is 1. The second kappa shape index (κ2) is 8.02. The summed E-state index contributed by atoms with van der Waals surface area (Å²) in [6.45, 7) is 14.5. The van der Waals surface area contributed by atoms with Crippen molar-refractivity contribution in [1.82, 2.24) is 4.90 Å². The summed E-state index contributed by atoms with van der Waals surface area (Å²) in [5.74, 6) is 0.00223. The Balaban J connectivity index is 4.46. The second-order valence-corrected chi connectivity index (χ2v) is 8.53. The molecule has 20 heavy (non-hydrogen) atoms. The van der Waals surface area contributed by atoms with Crippen LogP contribution in [-0.4, -0.2) is 38.1 Å².